The van der Waals surface area contributed by atoms with E-state index in [9.17, 15) is 19.2 Å². The lowest BCUT2D eigenvalue weighted by Gasteiger charge is -2.62. The molecule has 0 aromatic carbocycles. The smallest absolute Gasteiger partial charge is 0.312 e. The zero-order chi connectivity index (χ0) is 27.1. The van der Waals surface area contributed by atoms with E-state index in [-0.39, 0.29) is 63.7 Å². The van der Waals surface area contributed by atoms with E-state index in [2.05, 4.69) is 20.8 Å². The number of fused-ring (bicyclic) bond motifs is 7. The summed E-state index contributed by atoms with van der Waals surface area (Å²) in [6.07, 6.45) is 9.84. The molecule has 7 atom stereocenters. The Morgan fingerprint density at radius 3 is 2.27 bits per heavy atom. The number of ketones is 3. The summed E-state index contributed by atoms with van der Waals surface area (Å²) >= 11 is 0. The number of carbonyl (C=O) groups is 4. The van der Waals surface area contributed by atoms with Crippen molar-refractivity contribution in [3.05, 3.63) is 23.3 Å². The molecule has 5 rings (SSSR count). The van der Waals surface area contributed by atoms with Crippen molar-refractivity contribution in [1.82, 2.24) is 0 Å². The van der Waals surface area contributed by atoms with Crippen LogP contribution in [0.4, 0.5) is 0 Å². The maximum Gasteiger partial charge on any atom is 0.312 e. The van der Waals surface area contributed by atoms with Crippen LogP contribution in [0.2, 0.25) is 0 Å². The van der Waals surface area contributed by atoms with Gasteiger partial charge in [-0.25, -0.2) is 0 Å². The predicted octanol–water partition coefficient (Wildman–Crippen LogP) is 6.05. The van der Waals surface area contributed by atoms with E-state index in [1.807, 2.05) is 32.9 Å². The Morgan fingerprint density at radius 1 is 0.946 bits per heavy atom. The Kier molecular flexibility index (Phi) is 6.09. The van der Waals surface area contributed by atoms with Crippen molar-refractivity contribution < 1.29 is 23.9 Å². The zero-order valence-electron chi connectivity index (χ0n) is 23.7. The molecule has 0 saturated heterocycles. The Balaban J connectivity index is 1.61. The fourth-order valence-corrected chi connectivity index (χ4v) is 9.39. The average molecular weight is 509 g/mol. The first-order valence-electron chi connectivity index (χ1n) is 14.4. The van der Waals surface area contributed by atoms with Crippen LogP contribution in [0.5, 0.6) is 0 Å². The summed E-state index contributed by atoms with van der Waals surface area (Å²) in [5.41, 5.74) is 0.108. The summed E-state index contributed by atoms with van der Waals surface area (Å²) in [5, 5.41) is 0. The first-order chi connectivity index (χ1) is 17.2. The molecule has 5 aliphatic carbocycles. The second-order valence-corrected chi connectivity index (χ2v) is 14.3. The molecule has 0 aromatic heterocycles. The fourth-order valence-electron chi connectivity index (χ4n) is 9.39. The molecule has 0 N–H and O–H groups in total. The van der Waals surface area contributed by atoms with Gasteiger partial charge in [-0.05, 0) is 93.5 Å². The number of Topliss-reactive ketones (excluding diaryl/α,β-unsaturated/α-hetero) is 2. The van der Waals surface area contributed by atoms with Crippen molar-refractivity contribution in [3.63, 3.8) is 0 Å². The second-order valence-electron chi connectivity index (χ2n) is 14.3. The minimum Gasteiger partial charge on any atom is -0.466 e. The number of allylic oxidation sites excluding steroid dienone is 4. The van der Waals surface area contributed by atoms with Crippen LogP contribution in [0.3, 0.4) is 0 Å². The molecule has 3 fully saturated rings. The summed E-state index contributed by atoms with van der Waals surface area (Å²) in [4.78, 5) is 53.3. The highest BCUT2D eigenvalue weighted by atomic mass is 16.5. The van der Waals surface area contributed by atoms with Gasteiger partial charge in [-0.1, -0.05) is 46.3 Å². The van der Waals surface area contributed by atoms with Gasteiger partial charge in [0.15, 0.2) is 17.3 Å². The second kappa shape index (κ2) is 8.48. The molecule has 0 aromatic rings. The molecule has 0 heterocycles. The van der Waals surface area contributed by atoms with Gasteiger partial charge in [0.2, 0.25) is 0 Å². The summed E-state index contributed by atoms with van der Waals surface area (Å²) in [5.74, 6) is -0.236. The maximum atomic E-state index is 14.1. The van der Waals surface area contributed by atoms with Crippen LogP contribution in [0.15, 0.2) is 23.3 Å². The molecule has 7 unspecified atom stereocenters. The van der Waals surface area contributed by atoms with E-state index in [4.69, 9.17) is 4.74 Å². The van der Waals surface area contributed by atoms with Gasteiger partial charge in [-0.3, -0.25) is 19.2 Å². The first kappa shape index (κ1) is 26.6. The van der Waals surface area contributed by atoms with E-state index in [1.54, 1.807) is 0 Å². The van der Waals surface area contributed by atoms with Crippen molar-refractivity contribution >= 4 is 23.3 Å². The number of esters is 1. The monoisotopic (exact) mass is 508 g/mol. The molecule has 0 spiro atoms. The third-order valence-corrected chi connectivity index (χ3v) is 11.5. The minimum absolute atomic E-state index is 0.0124. The molecule has 0 amide bonds. The quantitative estimate of drug-likeness (QED) is 0.342. The van der Waals surface area contributed by atoms with Crippen molar-refractivity contribution in [2.75, 3.05) is 6.61 Å². The fraction of sp³-hybridized carbons (Fsp3) is 0.750. The summed E-state index contributed by atoms with van der Waals surface area (Å²) < 4.78 is 5.66. The first-order valence-corrected chi connectivity index (χ1v) is 14.4. The van der Waals surface area contributed by atoms with Crippen molar-refractivity contribution in [2.45, 2.75) is 93.4 Å². The van der Waals surface area contributed by atoms with Crippen LogP contribution < -0.4 is 0 Å². The van der Waals surface area contributed by atoms with Gasteiger partial charge in [-0.2, -0.15) is 0 Å². The maximum absolute atomic E-state index is 14.1. The Morgan fingerprint density at radius 2 is 1.62 bits per heavy atom. The Hall–Kier alpha value is -2.04. The topological polar surface area (TPSA) is 77.5 Å². The predicted molar refractivity (Wildman–Crippen MR) is 141 cm³/mol. The van der Waals surface area contributed by atoms with E-state index >= 15 is 0 Å². The summed E-state index contributed by atoms with van der Waals surface area (Å²) in [7, 11) is 0. The lowest BCUT2D eigenvalue weighted by molar-refractivity contribution is -0.179. The highest BCUT2D eigenvalue weighted by Gasteiger charge is 2.65. The minimum atomic E-state index is -0.637. The molecular formula is C32H44O5. The summed E-state index contributed by atoms with van der Waals surface area (Å²) in [6, 6.07) is 0. The zero-order valence-corrected chi connectivity index (χ0v) is 23.7. The van der Waals surface area contributed by atoms with Crippen molar-refractivity contribution in [3.8, 4) is 0 Å². The molecule has 0 aliphatic heterocycles. The van der Waals surface area contributed by atoms with Crippen LogP contribution in [0, 0.1) is 51.2 Å². The molecule has 3 saturated carbocycles. The van der Waals surface area contributed by atoms with Gasteiger partial charge in [-0.15, -0.1) is 0 Å². The van der Waals surface area contributed by atoms with Gasteiger partial charge in [0.25, 0.3) is 0 Å². The van der Waals surface area contributed by atoms with Crippen LogP contribution in [-0.4, -0.2) is 29.9 Å². The third kappa shape index (κ3) is 3.69. The van der Waals surface area contributed by atoms with Gasteiger partial charge in [0, 0.05) is 17.3 Å². The lowest BCUT2D eigenvalue weighted by atomic mass is 9.41. The highest BCUT2D eigenvalue weighted by Crippen LogP contribution is 2.68. The largest absolute Gasteiger partial charge is 0.466 e. The van der Waals surface area contributed by atoms with E-state index in [0.29, 0.717) is 12.2 Å². The third-order valence-electron chi connectivity index (χ3n) is 11.5. The number of ether oxygens (including phenoxy) is 1. The molecule has 0 bridgehead atoms. The summed E-state index contributed by atoms with van der Waals surface area (Å²) in [6.45, 7) is 14.5. The number of rotatable bonds is 3. The Labute approximate surface area is 221 Å². The molecule has 202 valence electrons. The molecule has 5 nitrogen and oxygen atoms in total. The van der Waals surface area contributed by atoms with Crippen LogP contribution in [-0.2, 0) is 23.9 Å². The van der Waals surface area contributed by atoms with Crippen LogP contribution in [0.25, 0.3) is 0 Å². The number of carbonyl (C=O) groups excluding carboxylic acids is 4. The van der Waals surface area contributed by atoms with Crippen LogP contribution >= 0.6 is 0 Å². The van der Waals surface area contributed by atoms with Gasteiger partial charge < -0.3 is 4.74 Å². The standard InChI is InChI=1S/C32H44O5/c1-8-37-28(36)32-12-10-22-26(24(32)17-29(3,4)13-14-32)25(34)16-23-20-15-19(18(2)33)27(35)30(5,6)21(20)9-11-31(22,23)7/h15-16,20-22,24,26H,8-14,17H2,1-7H3. The van der Waals surface area contributed by atoms with E-state index in [0.717, 1.165) is 50.5 Å². The Bertz CT molecular complexity index is 1120. The number of hydrogen-bond acceptors (Lipinski definition) is 5. The lowest BCUT2D eigenvalue weighted by Crippen LogP contribution is -2.60. The highest BCUT2D eigenvalue weighted by molar-refractivity contribution is 6.21. The van der Waals surface area contributed by atoms with Gasteiger partial charge >= 0.3 is 5.97 Å². The molecule has 5 heteroatoms. The molecule has 5 aliphatic rings. The SMILES string of the molecule is CCOC(=O)C12CCC3C(C(=O)C=C4C5C=C(C(C)=O)C(=O)C(C)(C)C5CCC43C)C1CC(C)(C)CC2. The van der Waals surface area contributed by atoms with Gasteiger partial charge in [0.1, 0.15) is 0 Å². The molecular weight excluding hydrogens is 464 g/mol. The van der Waals surface area contributed by atoms with E-state index < -0.39 is 10.8 Å². The van der Waals surface area contributed by atoms with Crippen LogP contribution in [0.1, 0.15) is 93.4 Å². The number of hydrogen-bond donors (Lipinski definition) is 0. The van der Waals surface area contributed by atoms with Gasteiger partial charge in [0.05, 0.1) is 17.6 Å². The average Bonchev–Trinajstić information content (AvgIpc) is 2.81. The molecule has 37 heavy (non-hydrogen) atoms. The normalized spacial score (nSPS) is 41.8. The van der Waals surface area contributed by atoms with E-state index in [1.165, 1.54) is 6.92 Å². The van der Waals surface area contributed by atoms with Crippen molar-refractivity contribution in [2.24, 2.45) is 51.2 Å². The van der Waals surface area contributed by atoms with Crippen molar-refractivity contribution in [1.29, 1.82) is 0 Å². The molecule has 0 radical (unpaired) electrons.